The second kappa shape index (κ2) is 15.5. The van der Waals surface area contributed by atoms with E-state index in [-0.39, 0.29) is 17.7 Å². The predicted molar refractivity (Wildman–Crippen MR) is 146 cm³/mol. The van der Waals surface area contributed by atoms with Crippen LogP contribution in [0.4, 0.5) is 4.79 Å². The number of hydrogen-bond acceptors (Lipinski definition) is 4. The Hall–Kier alpha value is -2.57. The fraction of sp³-hybridized carbons (Fsp3) is 0.690. The first-order valence-corrected chi connectivity index (χ1v) is 13.6. The molecule has 36 heavy (non-hydrogen) atoms. The molecule has 0 bridgehead atoms. The SMILES string of the molecule is CCCCCNC(=O)C(c1ccc(CC)cc1)N(CCC)C(=O)C(NC(=O)OC(C)(C)C)C(C)CC. The number of aryl methyl sites for hydroxylation is 1. The van der Waals surface area contributed by atoms with E-state index >= 15 is 0 Å². The zero-order valence-electron chi connectivity index (χ0n) is 23.8. The Morgan fingerprint density at radius 2 is 1.61 bits per heavy atom. The summed E-state index contributed by atoms with van der Waals surface area (Å²) in [5, 5.41) is 5.85. The van der Waals surface area contributed by atoms with E-state index in [2.05, 4.69) is 24.5 Å². The van der Waals surface area contributed by atoms with Crippen LogP contribution in [0.5, 0.6) is 0 Å². The first kappa shape index (κ1) is 31.5. The minimum absolute atomic E-state index is 0.139. The standard InChI is InChI=1S/C29H49N3O4/c1-9-13-14-19-30-26(33)25(23-17-15-22(12-4)16-18-23)32(20-10-2)27(34)24(21(5)11-3)31-28(35)36-29(6,7)8/h15-18,21,24-25H,9-14,19-20H2,1-8H3,(H,30,33)(H,31,35). The molecule has 1 rings (SSSR count). The molecule has 0 saturated heterocycles. The molecule has 204 valence electrons. The van der Waals surface area contributed by atoms with E-state index in [1.165, 1.54) is 5.56 Å². The molecule has 3 unspecified atom stereocenters. The van der Waals surface area contributed by atoms with Crippen molar-refractivity contribution >= 4 is 17.9 Å². The molecule has 0 aliphatic carbocycles. The van der Waals surface area contributed by atoms with Gasteiger partial charge in [0.25, 0.3) is 0 Å². The number of carbonyl (C=O) groups excluding carboxylic acids is 3. The van der Waals surface area contributed by atoms with Gasteiger partial charge in [0.15, 0.2) is 0 Å². The Balaban J connectivity index is 3.38. The molecule has 0 saturated carbocycles. The van der Waals surface area contributed by atoms with Crippen LogP contribution < -0.4 is 10.6 Å². The maximum Gasteiger partial charge on any atom is 0.408 e. The minimum atomic E-state index is -0.804. The number of carbonyl (C=O) groups is 3. The maximum atomic E-state index is 14.0. The fourth-order valence-electron chi connectivity index (χ4n) is 4.00. The molecule has 3 amide bonds. The number of amides is 3. The van der Waals surface area contributed by atoms with Gasteiger partial charge in [-0.2, -0.15) is 0 Å². The molecule has 0 aliphatic rings. The molecule has 0 aliphatic heterocycles. The van der Waals surface area contributed by atoms with Crippen LogP contribution in [0.3, 0.4) is 0 Å². The highest BCUT2D eigenvalue weighted by Crippen LogP contribution is 2.25. The molecule has 7 heteroatoms. The third-order valence-corrected chi connectivity index (χ3v) is 6.24. The normalized spacial score (nSPS) is 13.9. The lowest BCUT2D eigenvalue weighted by Crippen LogP contribution is -2.55. The van der Waals surface area contributed by atoms with E-state index in [0.29, 0.717) is 25.9 Å². The van der Waals surface area contributed by atoms with E-state index in [9.17, 15) is 14.4 Å². The number of rotatable bonds is 14. The van der Waals surface area contributed by atoms with E-state index < -0.39 is 23.8 Å². The van der Waals surface area contributed by atoms with E-state index in [1.54, 1.807) is 25.7 Å². The number of nitrogens with zero attached hydrogens (tertiary/aromatic N) is 1. The van der Waals surface area contributed by atoms with Crippen LogP contribution >= 0.6 is 0 Å². The molecule has 0 spiro atoms. The third kappa shape index (κ3) is 10.2. The van der Waals surface area contributed by atoms with Crippen LogP contribution in [0.25, 0.3) is 0 Å². The number of alkyl carbamates (subject to hydrolysis) is 1. The highest BCUT2D eigenvalue weighted by atomic mass is 16.6. The summed E-state index contributed by atoms with van der Waals surface area (Å²) in [5.74, 6) is -0.609. The summed E-state index contributed by atoms with van der Waals surface area (Å²) in [4.78, 5) is 41.8. The lowest BCUT2D eigenvalue weighted by Gasteiger charge is -2.36. The quantitative estimate of drug-likeness (QED) is 0.315. The van der Waals surface area contributed by atoms with Gasteiger partial charge in [-0.1, -0.05) is 78.1 Å². The fourth-order valence-corrected chi connectivity index (χ4v) is 4.00. The van der Waals surface area contributed by atoms with Gasteiger partial charge in [0.1, 0.15) is 17.7 Å². The summed E-state index contributed by atoms with van der Waals surface area (Å²) in [6.07, 6.45) is 4.60. The second-order valence-electron chi connectivity index (χ2n) is 10.5. The lowest BCUT2D eigenvalue weighted by molar-refractivity contribution is -0.143. The zero-order valence-corrected chi connectivity index (χ0v) is 23.8. The van der Waals surface area contributed by atoms with Crippen molar-refractivity contribution in [3.63, 3.8) is 0 Å². The first-order chi connectivity index (χ1) is 17.0. The molecular formula is C29H49N3O4. The van der Waals surface area contributed by atoms with E-state index in [4.69, 9.17) is 4.74 Å². The summed E-state index contributed by atoms with van der Waals surface area (Å²) in [6.45, 7) is 16.4. The molecule has 2 N–H and O–H groups in total. The number of nitrogens with one attached hydrogen (secondary N) is 2. The summed E-state index contributed by atoms with van der Waals surface area (Å²) in [6, 6.07) is 6.30. The van der Waals surface area contributed by atoms with Crippen LogP contribution in [0.2, 0.25) is 0 Å². The molecule has 7 nitrogen and oxygen atoms in total. The molecule has 1 aromatic rings. The average Bonchev–Trinajstić information content (AvgIpc) is 2.83. The van der Waals surface area contributed by atoms with Gasteiger partial charge in [-0.05, 0) is 57.1 Å². The lowest BCUT2D eigenvalue weighted by atomic mass is 9.95. The van der Waals surface area contributed by atoms with E-state index in [1.807, 2.05) is 45.0 Å². The average molecular weight is 504 g/mol. The zero-order chi connectivity index (χ0) is 27.3. The maximum absolute atomic E-state index is 14.0. The molecule has 0 aromatic heterocycles. The van der Waals surface area contributed by atoms with Crippen LogP contribution in [0.1, 0.15) is 105 Å². The van der Waals surface area contributed by atoms with Crippen molar-refractivity contribution < 1.29 is 19.1 Å². The molecule has 0 fully saturated rings. The monoisotopic (exact) mass is 503 g/mol. The van der Waals surface area contributed by atoms with Crippen LogP contribution in [0, 0.1) is 5.92 Å². The van der Waals surface area contributed by atoms with Crippen molar-refractivity contribution in [1.29, 1.82) is 0 Å². The van der Waals surface area contributed by atoms with Gasteiger partial charge in [0, 0.05) is 13.1 Å². The van der Waals surface area contributed by atoms with Gasteiger partial charge >= 0.3 is 6.09 Å². The van der Waals surface area contributed by atoms with Crippen molar-refractivity contribution in [1.82, 2.24) is 15.5 Å². The van der Waals surface area contributed by atoms with Crippen LogP contribution in [-0.2, 0) is 20.7 Å². The minimum Gasteiger partial charge on any atom is -0.444 e. The van der Waals surface area contributed by atoms with Crippen LogP contribution in [0.15, 0.2) is 24.3 Å². The van der Waals surface area contributed by atoms with Gasteiger partial charge in [-0.3, -0.25) is 9.59 Å². The summed E-state index contributed by atoms with van der Waals surface area (Å²) < 4.78 is 5.45. The molecule has 3 atom stereocenters. The van der Waals surface area contributed by atoms with Gasteiger partial charge in [0.2, 0.25) is 11.8 Å². The highest BCUT2D eigenvalue weighted by molar-refractivity contribution is 5.92. The van der Waals surface area contributed by atoms with Crippen LogP contribution in [-0.4, -0.2) is 47.5 Å². The van der Waals surface area contributed by atoms with Crippen molar-refractivity contribution in [2.75, 3.05) is 13.1 Å². The smallest absolute Gasteiger partial charge is 0.408 e. The topological polar surface area (TPSA) is 87.7 Å². The van der Waals surface area contributed by atoms with Crippen molar-refractivity contribution in [3.05, 3.63) is 35.4 Å². The van der Waals surface area contributed by atoms with Crippen molar-refractivity contribution in [2.45, 2.75) is 112 Å². The molecule has 0 heterocycles. The Labute approximate surface area is 218 Å². The highest BCUT2D eigenvalue weighted by Gasteiger charge is 2.37. The molecular weight excluding hydrogens is 454 g/mol. The van der Waals surface area contributed by atoms with Gasteiger partial charge in [-0.25, -0.2) is 4.79 Å². The van der Waals surface area contributed by atoms with Gasteiger partial charge in [-0.15, -0.1) is 0 Å². The van der Waals surface area contributed by atoms with Crippen molar-refractivity contribution in [3.8, 4) is 0 Å². The summed E-state index contributed by atoms with van der Waals surface area (Å²) in [7, 11) is 0. The Morgan fingerprint density at radius 3 is 2.11 bits per heavy atom. The number of ether oxygens (including phenoxy) is 1. The Bertz CT molecular complexity index is 817. The molecule has 1 aromatic carbocycles. The number of unbranched alkanes of at least 4 members (excludes halogenated alkanes) is 2. The summed E-state index contributed by atoms with van der Waals surface area (Å²) >= 11 is 0. The van der Waals surface area contributed by atoms with Crippen molar-refractivity contribution in [2.24, 2.45) is 5.92 Å². The predicted octanol–water partition coefficient (Wildman–Crippen LogP) is 5.77. The first-order valence-electron chi connectivity index (χ1n) is 13.6. The number of benzene rings is 1. The largest absolute Gasteiger partial charge is 0.444 e. The third-order valence-electron chi connectivity index (χ3n) is 6.24. The number of hydrogen-bond donors (Lipinski definition) is 2. The van der Waals surface area contributed by atoms with Gasteiger partial charge in [0.05, 0.1) is 0 Å². The second-order valence-corrected chi connectivity index (χ2v) is 10.5. The molecule has 0 radical (unpaired) electrons. The summed E-state index contributed by atoms with van der Waals surface area (Å²) in [5.41, 5.74) is 1.25. The Morgan fingerprint density at radius 1 is 0.972 bits per heavy atom. The van der Waals surface area contributed by atoms with Gasteiger partial charge < -0.3 is 20.3 Å². The van der Waals surface area contributed by atoms with E-state index in [0.717, 1.165) is 31.2 Å². The Kier molecular flexibility index (Phi) is 13.6.